The quantitative estimate of drug-likeness (QED) is 0.916. The van der Waals surface area contributed by atoms with E-state index in [0.29, 0.717) is 29.0 Å². The van der Waals surface area contributed by atoms with Crippen LogP contribution in [0, 0.1) is 12.8 Å². The second-order valence-corrected chi connectivity index (χ2v) is 6.06. The number of likely N-dealkylation sites (tertiary alicyclic amines) is 1. The van der Waals surface area contributed by atoms with Crippen LogP contribution in [0.25, 0.3) is 11.7 Å². The summed E-state index contributed by atoms with van der Waals surface area (Å²) in [4.78, 5) is 18.8. The molecule has 0 unspecified atom stereocenters. The van der Waals surface area contributed by atoms with Crippen molar-refractivity contribution in [3.05, 3.63) is 29.9 Å². The fourth-order valence-electron chi connectivity index (χ4n) is 3.03. The van der Waals surface area contributed by atoms with Crippen LogP contribution in [0.2, 0.25) is 0 Å². The van der Waals surface area contributed by atoms with Crippen molar-refractivity contribution in [3.8, 4) is 11.7 Å². The minimum atomic E-state index is 0.121. The molecule has 0 aromatic carbocycles. The molecule has 0 radical (unpaired) electrons. The standard InChI is InChI=1S/C17H23N3O3/c1-12-14(19-17(23-12)15-4-3-9-22-15)10-16(21)20-7-5-13(6-8-20)11-18-2/h3-4,9,13,18H,5-8,10-11H2,1-2H3. The molecule has 2 aromatic rings. The minimum Gasteiger partial charge on any atom is -0.459 e. The van der Waals surface area contributed by atoms with Crippen LogP contribution < -0.4 is 5.32 Å². The van der Waals surface area contributed by atoms with Gasteiger partial charge in [0.25, 0.3) is 5.89 Å². The summed E-state index contributed by atoms with van der Waals surface area (Å²) < 4.78 is 10.9. The first-order valence-electron chi connectivity index (χ1n) is 8.10. The van der Waals surface area contributed by atoms with Crippen LogP contribution in [0.5, 0.6) is 0 Å². The molecule has 0 aliphatic carbocycles. The number of aromatic nitrogens is 1. The Morgan fingerprint density at radius 2 is 2.22 bits per heavy atom. The Kier molecular flexibility index (Phi) is 4.81. The van der Waals surface area contributed by atoms with Gasteiger partial charge in [-0.25, -0.2) is 4.98 Å². The van der Waals surface area contributed by atoms with Gasteiger partial charge < -0.3 is 19.1 Å². The lowest BCUT2D eigenvalue weighted by Crippen LogP contribution is -2.41. The minimum absolute atomic E-state index is 0.121. The number of piperidine rings is 1. The number of nitrogens with one attached hydrogen (secondary N) is 1. The molecule has 0 saturated carbocycles. The van der Waals surface area contributed by atoms with E-state index in [2.05, 4.69) is 10.3 Å². The number of furan rings is 1. The number of aryl methyl sites for hydroxylation is 1. The molecule has 1 amide bonds. The van der Waals surface area contributed by atoms with Crippen molar-refractivity contribution < 1.29 is 13.6 Å². The molecule has 0 bridgehead atoms. The van der Waals surface area contributed by atoms with Crippen molar-refractivity contribution in [1.82, 2.24) is 15.2 Å². The molecule has 1 fully saturated rings. The number of carbonyl (C=O) groups excluding carboxylic acids is 1. The third-order valence-electron chi connectivity index (χ3n) is 4.40. The van der Waals surface area contributed by atoms with Gasteiger partial charge in [-0.3, -0.25) is 4.79 Å². The van der Waals surface area contributed by atoms with E-state index < -0.39 is 0 Å². The van der Waals surface area contributed by atoms with Crippen LogP contribution in [0.3, 0.4) is 0 Å². The van der Waals surface area contributed by atoms with E-state index in [1.165, 1.54) is 0 Å². The Morgan fingerprint density at radius 1 is 1.43 bits per heavy atom. The number of nitrogens with zero attached hydrogens (tertiary/aromatic N) is 2. The van der Waals surface area contributed by atoms with E-state index in [-0.39, 0.29) is 12.3 Å². The summed E-state index contributed by atoms with van der Waals surface area (Å²) in [7, 11) is 1.97. The van der Waals surface area contributed by atoms with Crippen molar-refractivity contribution in [2.75, 3.05) is 26.7 Å². The molecule has 2 aromatic heterocycles. The summed E-state index contributed by atoms with van der Waals surface area (Å²) >= 11 is 0. The topological polar surface area (TPSA) is 71.5 Å². The smallest absolute Gasteiger partial charge is 0.263 e. The average Bonchev–Trinajstić information content (AvgIpc) is 3.19. The van der Waals surface area contributed by atoms with Gasteiger partial charge in [-0.05, 0) is 51.4 Å². The van der Waals surface area contributed by atoms with Crippen LogP contribution in [0.1, 0.15) is 24.3 Å². The largest absolute Gasteiger partial charge is 0.459 e. The van der Waals surface area contributed by atoms with E-state index >= 15 is 0 Å². The van der Waals surface area contributed by atoms with E-state index in [1.54, 1.807) is 18.4 Å². The highest BCUT2D eigenvalue weighted by atomic mass is 16.4. The molecule has 23 heavy (non-hydrogen) atoms. The van der Waals surface area contributed by atoms with Gasteiger partial charge in [-0.2, -0.15) is 0 Å². The fraction of sp³-hybridized carbons (Fsp3) is 0.529. The predicted molar refractivity (Wildman–Crippen MR) is 85.9 cm³/mol. The summed E-state index contributed by atoms with van der Waals surface area (Å²) in [5.74, 6) is 2.48. The van der Waals surface area contributed by atoms with E-state index in [0.717, 1.165) is 32.5 Å². The van der Waals surface area contributed by atoms with E-state index in [1.807, 2.05) is 18.9 Å². The molecule has 0 atom stereocenters. The number of hydrogen-bond acceptors (Lipinski definition) is 5. The molecule has 6 heteroatoms. The summed E-state index contributed by atoms with van der Waals surface area (Å²) in [5.41, 5.74) is 0.693. The molecule has 1 N–H and O–H groups in total. The van der Waals surface area contributed by atoms with Gasteiger partial charge >= 0.3 is 0 Å². The molecule has 3 heterocycles. The first-order valence-corrected chi connectivity index (χ1v) is 8.10. The Morgan fingerprint density at radius 3 is 2.87 bits per heavy atom. The van der Waals surface area contributed by atoms with Crippen molar-refractivity contribution >= 4 is 5.91 Å². The van der Waals surface area contributed by atoms with Crippen molar-refractivity contribution in [3.63, 3.8) is 0 Å². The zero-order valence-corrected chi connectivity index (χ0v) is 13.7. The monoisotopic (exact) mass is 317 g/mol. The van der Waals surface area contributed by atoms with Gasteiger partial charge in [-0.15, -0.1) is 0 Å². The van der Waals surface area contributed by atoms with Gasteiger partial charge in [0.1, 0.15) is 5.76 Å². The number of rotatable bonds is 5. The summed E-state index contributed by atoms with van der Waals surface area (Å²) in [5, 5.41) is 3.21. The molecular formula is C17H23N3O3. The second-order valence-electron chi connectivity index (χ2n) is 6.06. The Balaban J connectivity index is 1.60. The molecule has 1 aliphatic rings. The van der Waals surface area contributed by atoms with Crippen LogP contribution in [0.4, 0.5) is 0 Å². The maximum Gasteiger partial charge on any atom is 0.263 e. The highest BCUT2D eigenvalue weighted by Gasteiger charge is 2.24. The third-order valence-corrected chi connectivity index (χ3v) is 4.40. The first-order chi connectivity index (χ1) is 11.2. The number of hydrogen-bond donors (Lipinski definition) is 1. The third kappa shape index (κ3) is 3.64. The maximum atomic E-state index is 12.5. The van der Waals surface area contributed by atoms with Crippen molar-refractivity contribution in [1.29, 1.82) is 0 Å². The summed E-state index contributed by atoms with van der Waals surface area (Å²) in [6.45, 7) is 4.51. The summed E-state index contributed by atoms with van der Waals surface area (Å²) in [6, 6.07) is 3.58. The van der Waals surface area contributed by atoms with E-state index in [9.17, 15) is 4.79 Å². The number of oxazole rings is 1. The van der Waals surface area contributed by atoms with Gasteiger partial charge in [0.05, 0.1) is 18.4 Å². The number of carbonyl (C=O) groups is 1. The van der Waals surface area contributed by atoms with Crippen molar-refractivity contribution in [2.24, 2.45) is 5.92 Å². The van der Waals surface area contributed by atoms with Gasteiger partial charge in [0.15, 0.2) is 5.76 Å². The molecule has 1 saturated heterocycles. The molecule has 124 valence electrons. The first kappa shape index (κ1) is 15.8. The van der Waals surface area contributed by atoms with Crippen molar-refractivity contribution in [2.45, 2.75) is 26.2 Å². The molecule has 6 nitrogen and oxygen atoms in total. The highest BCUT2D eigenvalue weighted by molar-refractivity contribution is 5.78. The highest BCUT2D eigenvalue weighted by Crippen LogP contribution is 2.23. The summed E-state index contributed by atoms with van der Waals surface area (Å²) in [6.07, 6.45) is 3.98. The van der Waals surface area contributed by atoms with Gasteiger partial charge in [0, 0.05) is 13.1 Å². The normalized spacial score (nSPS) is 16.0. The average molecular weight is 317 g/mol. The fourth-order valence-corrected chi connectivity index (χ4v) is 3.03. The molecule has 0 spiro atoms. The van der Waals surface area contributed by atoms with Gasteiger partial charge in [0.2, 0.25) is 5.91 Å². The van der Waals surface area contributed by atoms with Crippen LogP contribution >= 0.6 is 0 Å². The Hall–Kier alpha value is -2.08. The predicted octanol–water partition coefficient (Wildman–Crippen LogP) is 2.24. The zero-order valence-electron chi connectivity index (χ0n) is 13.7. The Bertz CT molecular complexity index is 640. The van der Waals surface area contributed by atoms with Crippen LogP contribution in [-0.4, -0.2) is 42.5 Å². The lowest BCUT2D eigenvalue weighted by atomic mass is 9.96. The zero-order chi connectivity index (χ0) is 16.2. The maximum absolute atomic E-state index is 12.5. The van der Waals surface area contributed by atoms with E-state index in [4.69, 9.17) is 8.83 Å². The molecular weight excluding hydrogens is 294 g/mol. The molecule has 1 aliphatic heterocycles. The molecule has 3 rings (SSSR count). The van der Waals surface area contributed by atoms with Gasteiger partial charge in [-0.1, -0.05) is 0 Å². The lowest BCUT2D eigenvalue weighted by Gasteiger charge is -2.31. The van der Waals surface area contributed by atoms with Crippen LogP contribution in [-0.2, 0) is 11.2 Å². The number of amides is 1. The lowest BCUT2D eigenvalue weighted by molar-refractivity contribution is -0.131. The Labute approximate surface area is 135 Å². The second kappa shape index (κ2) is 7.00. The van der Waals surface area contributed by atoms with Crippen LogP contribution in [0.15, 0.2) is 27.2 Å². The SMILES string of the molecule is CNCC1CCN(C(=O)Cc2nc(-c3ccco3)oc2C)CC1.